The molecule has 1 saturated heterocycles. The molecule has 1 atom stereocenters. The zero-order valence-corrected chi connectivity index (χ0v) is 12.4. The highest BCUT2D eigenvalue weighted by Gasteiger charge is 2.35. The van der Waals surface area contributed by atoms with Crippen LogP contribution in [-0.4, -0.2) is 31.7 Å². The Morgan fingerprint density at radius 3 is 2.63 bits per heavy atom. The van der Waals surface area contributed by atoms with E-state index in [4.69, 9.17) is 11.5 Å². The van der Waals surface area contributed by atoms with Gasteiger partial charge in [0.05, 0.1) is 10.8 Å². The van der Waals surface area contributed by atoms with Gasteiger partial charge in [-0.3, -0.25) is 4.79 Å². The van der Waals surface area contributed by atoms with Crippen molar-refractivity contribution in [1.29, 1.82) is 0 Å². The topological polar surface area (TPSA) is 106 Å². The van der Waals surface area contributed by atoms with Gasteiger partial charge in [0.25, 0.3) is 0 Å². The van der Waals surface area contributed by atoms with Crippen LogP contribution in [-0.2, 0) is 14.8 Å². The molecule has 1 amide bonds. The predicted molar refractivity (Wildman–Crippen MR) is 74.6 cm³/mol. The van der Waals surface area contributed by atoms with Gasteiger partial charge >= 0.3 is 0 Å². The average molecular weight is 348 g/mol. The number of rotatable bonds is 3. The number of nitrogen functional groups attached to an aromatic ring is 1. The smallest absolute Gasteiger partial charge is 0.243 e. The molecule has 8 heteroatoms. The van der Waals surface area contributed by atoms with E-state index < -0.39 is 21.8 Å². The molecule has 0 aliphatic carbocycles. The van der Waals surface area contributed by atoms with Crippen molar-refractivity contribution >= 4 is 37.5 Å². The van der Waals surface area contributed by atoms with Gasteiger partial charge in [0.1, 0.15) is 0 Å². The van der Waals surface area contributed by atoms with Gasteiger partial charge < -0.3 is 11.5 Å². The van der Waals surface area contributed by atoms with Crippen LogP contribution in [0.15, 0.2) is 27.6 Å². The van der Waals surface area contributed by atoms with Crippen LogP contribution in [0.5, 0.6) is 0 Å². The Morgan fingerprint density at radius 2 is 2.11 bits per heavy atom. The molecule has 1 heterocycles. The number of carbonyl (C=O) groups is 1. The van der Waals surface area contributed by atoms with Crippen LogP contribution in [0.1, 0.15) is 6.42 Å². The zero-order chi connectivity index (χ0) is 14.2. The molecule has 19 heavy (non-hydrogen) atoms. The molecule has 1 aliphatic rings. The predicted octanol–water partition coefficient (Wildman–Crippen LogP) is 0.527. The van der Waals surface area contributed by atoms with E-state index in [1.807, 2.05) is 0 Å². The van der Waals surface area contributed by atoms with Crippen molar-refractivity contribution in [2.24, 2.45) is 11.7 Å². The van der Waals surface area contributed by atoms with Gasteiger partial charge in [-0.2, -0.15) is 4.31 Å². The lowest BCUT2D eigenvalue weighted by molar-refractivity contribution is -0.121. The molecule has 104 valence electrons. The van der Waals surface area contributed by atoms with Crippen molar-refractivity contribution in [2.75, 3.05) is 18.8 Å². The number of anilines is 1. The molecule has 0 aromatic heterocycles. The summed E-state index contributed by atoms with van der Waals surface area (Å²) >= 11 is 3.20. The third kappa shape index (κ3) is 2.75. The molecule has 6 nitrogen and oxygen atoms in total. The molecule has 0 radical (unpaired) electrons. The molecule has 1 aliphatic heterocycles. The lowest BCUT2D eigenvalue weighted by atomic mass is 10.1. The average Bonchev–Trinajstić information content (AvgIpc) is 2.82. The molecule has 1 unspecified atom stereocenters. The van der Waals surface area contributed by atoms with Crippen LogP contribution >= 0.6 is 15.9 Å². The largest absolute Gasteiger partial charge is 0.398 e. The number of nitrogens with zero attached hydrogens (tertiary/aromatic N) is 1. The monoisotopic (exact) mass is 347 g/mol. The Kier molecular flexibility index (Phi) is 3.84. The summed E-state index contributed by atoms with van der Waals surface area (Å²) < 4.78 is 26.6. The molecule has 4 N–H and O–H groups in total. The normalized spacial score (nSPS) is 20.6. The number of hydrogen-bond acceptors (Lipinski definition) is 4. The number of halogens is 1. The van der Waals surface area contributed by atoms with E-state index in [-0.39, 0.29) is 11.4 Å². The quantitative estimate of drug-likeness (QED) is 0.777. The van der Waals surface area contributed by atoms with Crippen LogP contribution < -0.4 is 11.5 Å². The van der Waals surface area contributed by atoms with Crippen molar-refractivity contribution in [1.82, 2.24) is 4.31 Å². The number of amides is 1. The molecule has 0 saturated carbocycles. The highest BCUT2D eigenvalue weighted by molar-refractivity contribution is 9.10. The van der Waals surface area contributed by atoms with Gasteiger partial charge in [0.2, 0.25) is 15.9 Å². The number of benzene rings is 1. The number of sulfonamides is 1. The molecule has 1 aromatic carbocycles. The van der Waals surface area contributed by atoms with Crippen molar-refractivity contribution in [2.45, 2.75) is 11.3 Å². The molecule has 1 fully saturated rings. The van der Waals surface area contributed by atoms with Crippen molar-refractivity contribution in [3.63, 3.8) is 0 Å². The van der Waals surface area contributed by atoms with Gasteiger partial charge in [-0.1, -0.05) is 0 Å². The second-order valence-electron chi connectivity index (χ2n) is 4.43. The molecule has 1 aromatic rings. The first kappa shape index (κ1) is 14.3. The number of hydrogen-bond donors (Lipinski definition) is 2. The van der Waals surface area contributed by atoms with E-state index in [9.17, 15) is 13.2 Å². The maximum absolute atomic E-state index is 12.4. The third-order valence-corrected chi connectivity index (χ3v) is 5.71. The summed E-state index contributed by atoms with van der Waals surface area (Å²) in [7, 11) is -3.60. The van der Waals surface area contributed by atoms with E-state index in [0.717, 1.165) is 0 Å². The fourth-order valence-electron chi connectivity index (χ4n) is 2.00. The van der Waals surface area contributed by atoms with Crippen LogP contribution in [0.4, 0.5) is 5.69 Å². The lowest BCUT2D eigenvalue weighted by Gasteiger charge is -2.16. The summed E-state index contributed by atoms with van der Waals surface area (Å²) in [5, 5.41) is 0. The molecule has 2 rings (SSSR count). The summed E-state index contributed by atoms with van der Waals surface area (Å²) in [5.41, 5.74) is 11.3. The first-order valence-corrected chi connectivity index (χ1v) is 7.90. The van der Waals surface area contributed by atoms with Crippen LogP contribution in [0.3, 0.4) is 0 Å². The third-order valence-electron chi connectivity index (χ3n) is 3.16. The Balaban J connectivity index is 2.28. The first-order chi connectivity index (χ1) is 8.82. The van der Waals surface area contributed by atoms with Gasteiger partial charge in [0, 0.05) is 23.2 Å². The maximum Gasteiger partial charge on any atom is 0.243 e. The zero-order valence-electron chi connectivity index (χ0n) is 10.0. The maximum atomic E-state index is 12.4. The minimum absolute atomic E-state index is 0.139. The fraction of sp³-hybridized carbons (Fsp3) is 0.364. The van der Waals surface area contributed by atoms with E-state index in [2.05, 4.69) is 15.9 Å². The Morgan fingerprint density at radius 1 is 1.42 bits per heavy atom. The number of carbonyl (C=O) groups excluding carboxylic acids is 1. The summed E-state index contributed by atoms with van der Waals surface area (Å²) in [5.74, 6) is -0.872. The van der Waals surface area contributed by atoms with E-state index in [1.165, 1.54) is 22.5 Å². The Hall–Kier alpha value is -1.12. The van der Waals surface area contributed by atoms with Gasteiger partial charge in [0.15, 0.2) is 0 Å². The molecular weight excluding hydrogens is 334 g/mol. The fourth-order valence-corrected chi connectivity index (χ4v) is 4.05. The summed E-state index contributed by atoms with van der Waals surface area (Å²) in [4.78, 5) is 11.2. The van der Waals surface area contributed by atoms with Gasteiger partial charge in [-0.15, -0.1) is 0 Å². The Labute approximate surface area is 119 Å². The summed E-state index contributed by atoms with van der Waals surface area (Å²) in [6, 6.07) is 4.44. The molecule has 0 spiro atoms. The number of primary amides is 1. The standard InChI is InChI=1S/C11H14BrN3O3S/c12-9-5-8(1-2-10(9)13)19(17,18)15-4-3-7(6-15)11(14)16/h1-2,5,7H,3-4,6,13H2,(H2,14,16). The van der Waals surface area contributed by atoms with E-state index >= 15 is 0 Å². The van der Waals surface area contributed by atoms with Crippen LogP contribution in [0.25, 0.3) is 0 Å². The van der Waals surface area contributed by atoms with E-state index in [0.29, 0.717) is 23.1 Å². The van der Waals surface area contributed by atoms with Crippen LogP contribution in [0, 0.1) is 5.92 Å². The second-order valence-corrected chi connectivity index (χ2v) is 7.23. The number of nitrogens with two attached hydrogens (primary N) is 2. The Bertz CT molecular complexity index is 618. The second kappa shape index (κ2) is 5.10. The minimum Gasteiger partial charge on any atom is -0.398 e. The van der Waals surface area contributed by atoms with Crippen molar-refractivity contribution in [3.05, 3.63) is 22.7 Å². The first-order valence-electron chi connectivity index (χ1n) is 5.67. The van der Waals surface area contributed by atoms with Crippen LogP contribution in [0.2, 0.25) is 0 Å². The lowest BCUT2D eigenvalue weighted by Crippen LogP contribution is -2.31. The van der Waals surface area contributed by atoms with Gasteiger partial charge in [-0.25, -0.2) is 8.42 Å². The molecular formula is C11H14BrN3O3S. The molecule has 0 bridgehead atoms. The summed E-state index contributed by atoms with van der Waals surface area (Å²) in [6.45, 7) is 0.442. The van der Waals surface area contributed by atoms with Gasteiger partial charge in [-0.05, 0) is 40.5 Å². The SMILES string of the molecule is NC(=O)C1CCN(S(=O)(=O)c2ccc(N)c(Br)c2)C1. The summed E-state index contributed by atoms with van der Waals surface area (Å²) in [6.07, 6.45) is 0.463. The van der Waals surface area contributed by atoms with E-state index in [1.54, 1.807) is 0 Å². The highest BCUT2D eigenvalue weighted by Crippen LogP contribution is 2.28. The highest BCUT2D eigenvalue weighted by atomic mass is 79.9. The van der Waals surface area contributed by atoms with Crippen molar-refractivity contribution in [3.8, 4) is 0 Å². The minimum atomic E-state index is -3.60. The van der Waals surface area contributed by atoms with Crippen molar-refractivity contribution < 1.29 is 13.2 Å².